The average Bonchev–Trinajstić information content (AvgIpc) is 3.15. The van der Waals surface area contributed by atoms with Crippen LogP contribution in [-0.4, -0.2) is 76.6 Å². The molecule has 3 aromatic rings. The highest BCUT2D eigenvalue weighted by molar-refractivity contribution is 5.84. The molecule has 6 nitrogen and oxygen atoms in total. The molecule has 0 amide bonds. The Morgan fingerprint density at radius 2 is 1.97 bits per heavy atom. The number of likely N-dealkylation sites (tertiary alicyclic amines) is 1. The van der Waals surface area contributed by atoms with Gasteiger partial charge in [0.05, 0.1) is 53.8 Å². The number of nitrogens with one attached hydrogen (secondary N) is 2. The van der Waals surface area contributed by atoms with E-state index in [9.17, 15) is 22.0 Å². The van der Waals surface area contributed by atoms with E-state index in [0.717, 1.165) is 25.3 Å². The van der Waals surface area contributed by atoms with Gasteiger partial charge >= 0.3 is 6.18 Å². The lowest BCUT2D eigenvalue weighted by Gasteiger charge is -2.40. The van der Waals surface area contributed by atoms with E-state index in [2.05, 4.69) is 25.4 Å². The van der Waals surface area contributed by atoms with Gasteiger partial charge in [-0.15, -0.1) is 0 Å². The first kappa shape index (κ1) is 23.0. The molecule has 11 heteroatoms. The zero-order valence-corrected chi connectivity index (χ0v) is 18.4. The predicted octanol–water partition coefficient (Wildman–Crippen LogP) is 4.06. The number of hydrogen-bond donors (Lipinski definition) is 2. The van der Waals surface area contributed by atoms with Gasteiger partial charge in [-0.2, -0.15) is 22.7 Å². The van der Waals surface area contributed by atoms with E-state index in [-0.39, 0.29) is 25.7 Å². The van der Waals surface area contributed by atoms with Crippen LogP contribution in [0.1, 0.15) is 29.3 Å². The Kier molecular flexibility index (Phi) is 6.15. The Balaban J connectivity index is 1.40. The molecule has 1 atom stereocenters. The summed E-state index contributed by atoms with van der Waals surface area (Å²) in [5, 5.41) is 9.95. The van der Waals surface area contributed by atoms with Gasteiger partial charge in [0, 0.05) is 26.2 Å². The van der Waals surface area contributed by atoms with Gasteiger partial charge in [0.2, 0.25) is 5.95 Å². The van der Waals surface area contributed by atoms with Gasteiger partial charge in [0.1, 0.15) is 0 Å². The predicted molar refractivity (Wildman–Crippen MR) is 118 cm³/mol. The minimum Gasteiger partial charge on any atom is -0.378 e. The number of nitrogens with zero attached hydrogens (tertiary/aromatic N) is 4. The van der Waals surface area contributed by atoms with Crippen molar-refractivity contribution in [3.63, 3.8) is 0 Å². The first-order valence-electron chi connectivity index (χ1n) is 11.3. The summed E-state index contributed by atoms with van der Waals surface area (Å²) < 4.78 is 66.8. The van der Waals surface area contributed by atoms with Crippen LogP contribution in [0.4, 0.5) is 27.6 Å². The lowest BCUT2D eigenvalue weighted by Crippen LogP contribution is -2.54. The molecular weight excluding hydrogens is 455 g/mol. The summed E-state index contributed by atoms with van der Waals surface area (Å²) in [5.74, 6) is -0.580. The van der Waals surface area contributed by atoms with Crippen LogP contribution in [0.2, 0.25) is 0 Å². The summed E-state index contributed by atoms with van der Waals surface area (Å²) >= 11 is 0. The molecule has 2 aliphatic heterocycles. The fourth-order valence-corrected chi connectivity index (χ4v) is 5.02. The monoisotopic (exact) mass is 480 g/mol. The number of H-pyrrole nitrogens is 1. The molecule has 1 saturated heterocycles. The number of aromatic nitrogens is 3. The second-order valence-corrected chi connectivity index (χ2v) is 8.92. The highest BCUT2D eigenvalue weighted by Gasteiger charge is 2.39. The Morgan fingerprint density at radius 1 is 1.15 bits per heavy atom. The number of anilines is 1. The molecular formula is C23H25F5N6. The molecule has 2 aliphatic rings. The minimum absolute atomic E-state index is 0.124. The molecule has 182 valence electrons. The molecule has 0 aliphatic carbocycles. The van der Waals surface area contributed by atoms with Crippen molar-refractivity contribution in [1.29, 1.82) is 0 Å². The van der Waals surface area contributed by atoms with Crippen molar-refractivity contribution in [3.8, 4) is 0 Å². The molecule has 34 heavy (non-hydrogen) atoms. The van der Waals surface area contributed by atoms with Gasteiger partial charge in [-0.25, -0.2) is 0 Å². The standard InChI is InChI=1S/C23H25F5N6/c24-7-1-8-33-11-15(12-33)30-14-2-4-19(29-10-14)21-17-3-5-18-20(22(25)32-31-18)16(17)6-9-34(21)13-23(26,27)28/h2-5,10,15,21,30H,1,6-9,11-13H2,(H,31,32). The fourth-order valence-electron chi connectivity index (χ4n) is 5.02. The minimum atomic E-state index is -4.37. The number of pyridine rings is 1. The summed E-state index contributed by atoms with van der Waals surface area (Å²) in [6.07, 6.45) is -1.94. The van der Waals surface area contributed by atoms with Gasteiger partial charge in [0.15, 0.2) is 0 Å². The van der Waals surface area contributed by atoms with Crippen LogP contribution >= 0.6 is 0 Å². The van der Waals surface area contributed by atoms with Crippen LogP contribution in [0.15, 0.2) is 30.5 Å². The maximum Gasteiger partial charge on any atom is 0.401 e. The van der Waals surface area contributed by atoms with Gasteiger partial charge < -0.3 is 5.32 Å². The lowest BCUT2D eigenvalue weighted by molar-refractivity contribution is -0.150. The molecule has 1 fully saturated rings. The SMILES string of the molecule is FCCCN1CC(Nc2ccc(C3c4ccc5n[nH]c(F)c5c4CCN3CC(F)(F)F)nc2)C1. The third-order valence-electron chi connectivity index (χ3n) is 6.51. The lowest BCUT2D eigenvalue weighted by atomic mass is 9.88. The van der Waals surface area contributed by atoms with Crippen LogP contribution in [-0.2, 0) is 6.42 Å². The van der Waals surface area contributed by atoms with Crippen molar-refractivity contribution < 1.29 is 22.0 Å². The highest BCUT2D eigenvalue weighted by Crippen LogP contribution is 2.39. The van der Waals surface area contributed by atoms with Crippen molar-refractivity contribution in [2.75, 3.05) is 44.7 Å². The number of benzene rings is 1. The molecule has 4 heterocycles. The maximum atomic E-state index is 14.4. The Morgan fingerprint density at radius 3 is 2.68 bits per heavy atom. The van der Waals surface area contributed by atoms with Crippen molar-refractivity contribution in [2.45, 2.75) is 31.1 Å². The van der Waals surface area contributed by atoms with Crippen molar-refractivity contribution >= 4 is 16.6 Å². The van der Waals surface area contributed by atoms with Crippen LogP contribution < -0.4 is 5.32 Å². The first-order valence-corrected chi connectivity index (χ1v) is 11.3. The normalized spacial score (nSPS) is 19.9. The van der Waals surface area contributed by atoms with E-state index in [4.69, 9.17) is 0 Å². The van der Waals surface area contributed by atoms with Crippen LogP contribution in [0.25, 0.3) is 10.9 Å². The number of aromatic amines is 1. The van der Waals surface area contributed by atoms with E-state index < -0.39 is 24.7 Å². The Labute approximate surface area is 193 Å². The molecule has 0 spiro atoms. The van der Waals surface area contributed by atoms with Crippen LogP contribution in [0, 0.1) is 5.95 Å². The first-order chi connectivity index (χ1) is 16.3. The van der Waals surface area contributed by atoms with Gasteiger partial charge in [0.25, 0.3) is 0 Å². The van der Waals surface area contributed by atoms with E-state index in [1.807, 2.05) is 6.07 Å². The molecule has 2 N–H and O–H groups in total. The van der Waals surface area contributed by atoms with E-state index >= 15 is 0 Å². The zero-order chi connectivity index (χ0) is 23.9. The number of alkyl halides is 4. The van der Waals surface area contributed by atoms with E-state index in [1.165, 1.54) is 4.90 Å². The molecule has 1 aromatic carbocycles. The third kappa shape index (κ3) is 4.58. The zero-order valence-electron chi connectivity index (χ0n) is 18.4. The van der Waals surface area contributed by atoms with E-state index in [0.29, 0.717) is 34.1 Å². The average molecular weight is 480 g/mol. The van der Waals surface area contributed by atoms with Gasteiger partial charge in [-0.05, 0) is 42.2 Å². The molecule has 2 aromatic heterocycles. The number of rotatable bonds is 7. The summed E-state index contributed by atoms with van der Waals surface area (Å²) in [7, 11) is 0. The number of halogens is 5. The second kappa shape index (κ2) is 9.10. The van der Waals surface area contributed by atoms with Gasteiger partial charge in [-0.1, -0.05) is 6.07 Å². The topological polar surface area (TPSA) is 60.1 Å². The maximum absolute atomic E-state index is 14.4. The van der Waals surface area contributed by atoms with Crippen molar-refractivity contribution in [3.05, 3.63) is 53.2 Å². The number of hydrogen-bond acceptors (Lipinski definition) is 5. The van der Waals surface area contributed by atoms with Crippen LogP contribution in [0.5, 0.6) is 0 Å². The molecule has 5 rings (SSSR count). The molecule has 0 bridgehead atoms. The van der Waals surface area contributed by atoms with Crippen molar-refractivity contribution in [2.24, 2.45) is 0 Å². The smallest absolute Gasteiger partial charge is 0.378 e. The third-order valence-corrected chi connectivity index (χ3v) is 6.51. The van der Waals surface area contributed by atoms with E-state index in [1.54, 1.807) is 24.4 Å². The molecule has 0 radical (unpaired) electrons. The molecule has 1 unspecified atom stereocenters. The summed E-state index contributed by atoms with van der Waals surface area (Å²) in [5.41, 5.74) is 2.97. The second-order valence-electron chi connectivity index (χ2n) is 8.92. The summed E-state index contributed by atoms with van der Waals surface area (Å²) in [6.45, 7) is 1.06. The largest absolute Gasteiger partial charge is 0.401 e. The molecule has 0 saturated carbocycles. The number of fused-ring (bicyclic) bond motifs is 3. The Hall–Kier alpha value is -2.79. The van der Waals surface area contributed by atoms with Gasteiger partial charge in [-0.3, -0.25) is 24.3 Å². The summed E-state index contributed by atoms with van der Waals surface area (Å²) in [6, 6.07) is 6.35. The summed E-state index contributed by atoms with van der Waals surface area (Å²) in [4.78, 5) is 8.00. The highest BCUT2D eigenvalue weighted by atomic mass is 19.4. The fraction of sp³-hybridized carbons (Fsp3) is 0.478. The quantitative estimate of drug-likeness (QED) is 0.500. The van der Waals surface area contributed by atoms with Crippen molar-refractivity contribution in [1.82, 2.24) is 25.0 Å². The Bertz CT molecular complexity index is 1140. The van der Waals surface area contributed by atoms with Crippen LogP contribution in [0.3, 0.4) is 0 Å².